The Bertz CT molecular complexity index is 1010. The van der Waals surface area contributed by atoms with Gasteiger partial charge in [-0.05, 0) is 31.0 Å². The molecule has 3 heterocycles. The van der Waals surface area contributed by atoms with Gasteiger partial charge in [-0.25, -0.2) is 0 Å². The number of amides is 1. The summed E-state index contributed by atoms with van der Waals surface area (Å²) in [6.07, 6.45) is -1.53. The van der Waals surface area contributed by atoms with Gasteiger partial charge in [0, 0.05) is 25.4 Å². The first-order chi connectivity index (χ1) is 13.3. The zero-order valence-corrected chi connectivity index (χ0v) is 14.8. The molecule has 3 aromatic rings. The molecule has 4 rings (SSSR count). The first kappa shape index (κ1) is 18.2. The minimum Gasteiger partial charge on any atom is -0.337 e. The van der Waals surface area contributed by atoms with Crippen LogP contribution in [0.15, 0.2) is 41.1 Å². The quantitative estimate of drug-likeness (QED) is 0.683. The number of carbonyl (C=O) groups excluding carboxylic acids is 1. The van der Waals surface area contributed by atoms with Gasteiger partial charge in [-0.1, -0.05) is 17.3 Å². The second-order valence-electron chi connectivity index (χ2n) is 6.53. The predicted molar refractivity (Wildman–Crippen MR) is 91.0 cm³/mol. The molecular weight excluding hydrogens is 375 g/mol. The molecule has 146 valence electrons. The van der Waals surface area contributed by atoms with Gasteiger partial charge < -0.3 is 9.42 Å². The number of benzene rings is 1. The standard InChI is InChI=1S/C18H16F3N5O2/c1-25-14(7-8-22-25)17(27)26-9-3-6-13(26)16-23-15(24-28-16)11-4-2-5-12(10-11)18(19,20)21/h2,4-5,7-8,10,13H,3,6,9H2,1H3/t13-/m0/s1. The molecule has 0 saturated carbocycles. The van der Waals surface area contributed by atoms with E-state index >= 15 is 0 Å². The molecule has 28 heavy (non-hydrogen) atoms. The lowest BCUT2D eigenvalue weighted by molar-refractivity contribution is -0.137. The Labute approximate surface area is 157 Å². The molecule has 1 amide bonds. The summed E-state index contributed by atoms with van der Waals surface area (Å²) in [5, 5.41) is 7.82. The fourth-order valence-corrected chi connectivity index (χ4v) is 3.32. The minimum atomic E-state index is -4.46. The fraction of sp³-hybridized carbons (Fsp3) is 0.333. The van der Waals surface area contributed by atoms with E-state index in [1.165, 1.54) is 23.0 Å². The Morgan fingerprint density at radius 1 is 1.29 bits per heavy atom. The maximum atomic E-state index is 12.9. The van der Waals surface area contributed by atoms with Gasteiger partial charge in [-0.15, -0.1) is 0 Å². The van der Waals surface area contributed by atoms with E-state index in [0.717, 1.165) is 18.6 Å². The van der Waals surface area contributed by atoms with Crippen molar-refractivity contribution in [1.82, 2.24) is 24.8 Å². The Hall–Kier alpha value is -3.17. The first-order valence-corrected chi connectivity index (χ1v) is 8.65. The van der Waals surface area contributed by atoms with E-state index in [-0.39, 0.29) is 23.2 Å². The molecule has 10 heteroatoms. The Morgan fingerprint density at radius 3 is 2.82 bits per heavy atom. The van der Waals surface area contributed by atoms with Crippen molar-refractivity contribution in [3.05, 3.63) is 53.7 Å². The highest BCUT2D eigenvalue weighted by Gasteiger charge is 2.36. The fourth-order valence-electron chi connectivity index (χ4n) is 3.32. The highest BCUT2D eigenvalue weighted by atomic mass is 19.4. The van der Waals surface area contributed by atoms with Gasteiger partial charge >= 0.3 is 6.18 Å². The Morgan fingerprint density at radius 2 is 2.11 bits per heavy atom. The topological polar surface area (TPSA) is 77.1 Å². The summed E-state index contributed by atoms with van der Waals surface area (Å²) < 4.78 is 45.6. The van der Waals surface area contributed by atoms with Crippen LogP contribution in [0.1, 0.15) is 40.8 Å². The molecule has 1 fully saturated rings. The third kappa shape index (κ3) is 3.25. The second-order valence-corrected chi connectivity index (χ2v) is 6.53. The van der Waals surface area contributed by atoms with Crippen molar-refractivity contribution in [2.45, 2.75) is 25.1 Å². The molecule has 0 spiro atoms. The number of rotatable bonds is 3. The number of halogens is 3. The van der Waals surface area contributed by atoms with Crippen LogP contribution in [0.4, 0.5) is 13.2 Å². The van der Waals surface area contributed by atoms with Crippen LogP contribution in [0.3, 0.4) is 0 Å². The summed E-state index contributed by atoms with van der Waals surface area (Å²) in [6, 6.07) is 5.94. The lowest BCUT2D eigenvalue weighted by Gasteiger charge is -2.21. The van der Waals surface area contributed by atoms with Crippen molar-refractivity contribution >= 4 is 5.91 Å². The van der Waals surface area contributed by atoms with E-state index in [4.69, 9.17) is 4.52 Å². The molecule has 1 aromatic carbocycles. The number of alkyl halides is 3. The molecule has 2 aromatic heterocycles. The van der Waals surface area contributed by atoms with Crippen LogP contribution in [0.2, 0.25) is 0 Å². The molecule has 0 aliphatic carbocycles. The highest BCUT2D eigenvalue weighted by molar-refractivity contribution is 5.92. The maximum Gasteiger partial charge on any atom is 0.416 e. The Balaban J connectivity index is 1.60. The second kappa shape index (κ2) is 6.77. The summed E-state index contributed by atoms with van der Waals surface area (Å²) in [5.41, 5.74) is -0.151. The smallest absolute Gasteiger partial charge is 0.337 e. The molecule has 0 N–H and O–H groups in total. The van der Waals surface area contributed by atoms with Gasteiger partial charge in [0.1, 0.15) is 11.7 Å². The first-order valence-electron chi connectivity index (χ1n) is 8.65. The summed E-state index contributed by atoms with van der Waals surface area (Å²) in [5.74, 6) is 0.0580. The number of carbonyl (C=O) groups is 1. The average Bonchev–Trinajstić information content (AvgIpc) is 3.40. The van der Waals surface area contributed by atoms with Crippen molar-refractivity contribution in [3.8, 4) is 11.4 Å². The van der Waals surface area contributed by atoms with Crippen LogP contribution in [-0.2, 0) is 13.2 Å². The van der Waals surface area contributed by atoms with Crippen molar-refractivity contribution < 1.29 is 22.5 Å². The van der Waals surface area contributed by atoms with Crippen molar-refractivity contribution in [2.24, 2.45) is 7.05 Å². The predicted octanol–water partition coefficient (Wildman–Crippen LogP) is 3.47. The van der Waals surface area contributed by atoms with Gasteiger partial charge in [0.25, 0.3) is 5.91 Å². The van der Waals surface area contributed by atoms with Crippen LogP contribution in [-0.4, -0.2) is 37.3 Å². The molecule has 1 saturated heterocycles. The van der Waals surface area contributed by atoms with E-state index < -0.39 is 17.8 Å². The van der Waals surface area contributed by atoms with Crippen LogP contribution in [0.25, 0.3) is 11.4 Å². The van der Waals surface area contributed by atoms with E-state index in [1.54, 1.807) is 18.0 Å². The van der Waals surface area contributed by atoms with E-state index in [0.29, 0.717) is 18.7 Å². The third-order valence-corrected chi connectivity index (χ3v) is 4.73. The van der Waals surface area contributed by atoms with Crippen molar-refractivity contribution in [2.75, 3.05) is 6.54 Å². The number of likely N-dealkylation sites (tertiary alicyclic amines) is 1. The summed E-state index contributed by atoms with van der Waals surface area (Å²) in [6.45, 7) is 0.524. The normalized spacial score (nSPS) is 17.3. The van der Waals surface area contributed by atoms with E-state index in [1.807, 2.05) is 0 Å². The zero-order chi connectivity index (χ0) is 19.9. The summed E-state index contributed by atoms with van der Waals surface area (Å²) in [4.78, 5) is 18.7. The van der Waals surface area contributed by atoms with Crippen LogP contribution >= 0.6 is 0 Å². The van der Waals surface area contributed by atoms with Crippen LogP contribution in [0.5, 0.6) is 0 Å². The number of hydrogen-bond donors (Lipinski definition) is 0. The number of aromatic nitrogens is 4. The Kier molecular flexibility index (Phi) is 4.40. The van der Waals surface area contributed by atoms with Crippen LogP contribution < -0.4 is 0 Å². The van der Waals surface area contributed by atoms with Gasteiger partial charge in [0.2, 0.25) is 11.7 Å². The molecule has 1 aliphatic heterocycles. The number of hydrogen-bond acceptors (Lipinski definition) is 5. The summed E-state index contributed by atoms with van der Waals surface area (Å²) >= 11 is 0. The maximum absolute atomic E-state index is 12.9. The van der Waals surface area contributed by atoms with E-state index in [9.17, 15) is 18.0 Å². The van der Waals surface area contributed by atoms with Gasteiger partial charge in [-0.2, -0.15) is 23.3 Å². The lowest BCUT2D eigenvalue weighted by atomic mass is 10.1. The zero-order valence-electron chi connectivity index (χ0n) is 14.8. The number of aryl methyl sites for hydroxylation is 1. The van der Waals surface area contributed by atoms with Gasteiger partial charge in [0.15, 0.2) is 0 Å². The number of nitrogens with zero attached hydrogens (tertiary/aromatic N) is 5. The summed E-state index contributed by atoms with van der Waals surface area (Å²) in [7, 11) is 1.68. The highest BCUT2D eigenvalue weighted by Crippen LogP contribution is 2.34. The van der Waals surface area contributed by atoms with Gasteiger partial charge in [-0.3, -0.25) is 9.48 Å². The molecule has 0 bridgehead atoms. The molecule has 0 unspecified atom stereocenters. The molecule has 1 atom stereocenters. The largest absolute Gasteiger partial charge is 0.416 e. The van der Waals surface area contributed by atoms with Crippen LogP contribution in [0, 0.1) is 0 Å². The SMILES string of the molecule is Cn1nccc1C(=O)N1CCC[C@H]1c1nc(-c2cccc(C(F)(F)F)c2)no1. The molecular formula is C18H16F3N5O2. The van der Waals surface area contributed by atoms with Crippen molar-refractivity contribution in [3.63, 3.8) is 0 Å². The monoisotopic (exact) mass is 391 g/mol. The van der Waals surface area contributed by atoms with E-state index in [2.05, 4.69) is 15.2 Å². The lowest BCUT2D eigenvalue weighted by Crippen LogP contribution is -2.32. The van der Waals surface area contributed by atoms with Crippen molar-refractivity contribution in [1.29, 1.82) is 0 Å². The average molecular weight is 391 g/mol. The third-order valence-electron chi connectivity index (χ3n) is 4.73. The molecule has 7 nitrogen and oxygen atoms in total. The van der Waals surface area contributed by atoms with Gasteiger partial charge in [0.05, 0.1) is 5.56 Å². The minimum absolute atomic E-state index is 0.0564. The molecule has 1 aliphatic rings. The molecule has 0 radical (unpaired) electrons.